The van der Waals surface area contributed by atoms with Crippen LogP contribution in [0.5, 0.6) is 0 Å². The molecule has 0 aromatic carbocycles. The van der Waals surface area contributed by atoms with E-state index in [1.54, 1.807) is 18.6 Å². The molecule has 2 aromatic rings. The second-order valence-corrected chi connectivity index (χ2v) is 3.37. The highest BCUT2D eigenvalue weighted by atomic mass is 16.1. The van der Waals surface area contributed by atoms with Gasteiger partial charge in [0.25, 0.3) is 0 Å². The Labute approximate surface area is 93.4 Å². The number of carbonyl (C=O) groups excluding carboxylic acids is 1. The lowest BCUT2D eigenvalue weighted by Crippen LogP contribution is -2.04. The zero-order valence-electron chi connectivity index (χ0n) is 8.71. The van der Waals surface area contributed by atoms with E-state index in [0.717, 1.165) is 5.56 Å². The summed E-state index contributed by atoms with van der Waals surface area (Å²) < 4.78 is 0. The summed E-state index contributed by atoms with van der Waals surface area (Å²) in [6, 6.07) is 3.81. The highest BCUT2D eigenvalue weighted by Crippen LogP contribution is 2.04. The van der Waals surface area contributed by atoms with Crippen molar-refractivity contribution >= 4 is 5.78 Å². The van der Waals surface area contributed by atoms with Crippen LogP contribution in [0.1, 0.15) is 22.5 Å². The van der Waals surface area contributed by atoms with Gasteiger partial charge in [0.1, 0.15) is 5.69 Å². The molecule has 0 atom stereocenters. The highest BCUT2D eigenvalue weighted by Gasteiger charge is 2.06. The van der Waals surface area contributed by atoms with Crippen molar-refractivity contribution in [3.8, 4) is 0 Å². The lowest BCUT2D eigenvalue weighted by Gasteiger charge is -1.99. The second-order valence-electron chi connectivity index (χ2n) is 3.37. The third-order valence-electron chi connectivity index (χ3n) is 2.24. The van der Waals surface area contributed by atoms with Crippen molar-refractivity contribution in [2.45, 2.75) is 12.8 Å². The minimum Gasteiger partial charge on any atom is -0.292 e. The first-order valence-electron chi connectivity index (χ1n) is 5.04. The molecular formula is C12H11N3O. The summed E-state index contributed by atoms with van der Waals surface area (Å²) in [4.78, 5) is 23.5. The highest BCUT2D eigenvalue weighted by molar-refractivity contribution is 5.93. The number of pyridine rings is 1. The van der Waals surface area contributed by atoms with Crippen LogP contribution in [0.2, 0.25) is 0 Å². The van der Waals surface area contributed by atoms with Crippen molar-refractivity contribution in [1.29, 1.82) is 0 Å². The van der Waals surface area contributed by atoms with Crippen molar-refractivity contribution in [1.82, 2.24) is 15.0 Å². The van der Waals surface area contributed by atoms with Crippen molar-refractivity contribution in [3.63, 3.8) is 0 Å². The second kappa shape index (κ2) is 5.11. The summed E-state index contributed by atoms with van der Waals surface area (Å²) in [6.45, 7) is 0. The van der Waals surface area contributed by atoms with Gasteiger partial charge in [-0.2, -0.15) is 0 Å². The van der Waals surface area contributed by atoms with Gasteiger partial charge in [0.2, 0.25) is 0 Å². The molecular weight excluding hydrogens is 202 g/mol. The molecule has 0 spiro atoms. The number of ketones is 1. The Kier molecular flexibility index (Phi) is 3.33. The summed E-state index contributed by atoms with van der Waals surface area (Å²) in [5.41, 5.74) is 1.53. The van der Waals surface area contributed by atoms with Crippen LogP contribution in [0.3, 0.4) is 0 Å². The number of aromatic nitrogens is 3. The monoisotopic (exact) mass is 213 g/mol. The maximum atomic E-state index is 11.7. The summed E-state index contributed by atoms with van der Waals surface area (Å²) in [5.74, 6) is 0.0184. The van der Waals surface area contributed by atoms with Gasteiger partial charge in [-0.1, -0.05) is 0 Å². The van der Waals surface area contributed by atoms with E-state index >= 15 is 0 Å². The molecule has 2 heterocycles. The first-order chi connectivity index (χ1) is 7.86. The summed E-state index contributed by atoms with van der Waals surface area (Å²) in [5, 5.41) is 0. The molecule has 80 valence electrons. The number of carbonyl (C=O) groups is 1. The number of hydrogen-bond donors (Lipinski definition) is 0. The third kappa shape index (κ3) is 2.70. The topological polar surface area (TPSA) is 55.7 Å². The van der Waals surface area contributed by atoms with Gasteiger partial charge in [-0.3, -0.25) is 14.8 Å². The molecule has 0 aliphatic heterocycles. The molecule has 0 radical (unpaired) electrons. The lowest BCUT2D eigenvalue weighted by molar-refractivity contribution is 0.0977. The van der Waals surface area contributed by atoms with Crippen molar-refractivity contribution < 1.29 is 4.79 Å². The number of nitrogens with zero attached hydrogens (tertiary/aromatic N) is 3. The van der Waals surface area contributed by atoms with Crippen molar-refractivity contribution in [3.05, 3.63) is 54.4 Å². The Balaban J connectivity index is 1.95. The number of hydrogen-bond acceptors (Lipinski definition) is 4. The molecule has 0 saturated heterocycles. The van der Waals surface area contributed by atoms with Crippen LogP contribution in [0.4, 0.5) is 0 Å². The van der Waals surface area contributed by atoms with E-state index in [2.05, 4.69) is 15.0 Å². The largest absolute Gasteiger partial charge is 0.292 e. The van der Waals surface area contributed by atoms with E-state index in [1.807, 2.05) is 12.1 Å². The van der Waals surface area contributed by atoms with Gasteiger partial charge in [-0.15, -0.1) is 0 Å². The van der Waals surface area contributed by atoms with E-state index in [0.29, 0.717) is 18.5 Å². The minimum atomic E-state index is 0.0184. The predicted molar refractivity (Wildman–Crippen MR) is 58.9 cm³/mol. The molecule has 0 aliphatic rings. The lowest BCUT2D eigenvalue weighted by atomic mass is 10.1. The maximum absolute atomic E-state index is 11.7. The average Bonchev–Trinajstić information content (AvgIpc) is 2.38. The van der Waals surface area contributed by atoms with Gasteiger partial charge in [0.05, 0.1) is 6.20 Å². The van der Waals surface area contributed by atoms with E-state index in [1.165, 1.54) is 12.4 Å². The smallest absolute Gasteiger partial charge is 0.183 e. The van der Waals surface area contributed by atoms with E-state index in [4.69, 9.17) is 0 Å². The zero-order chi connectivity index (χ0) is 11.2. The Morgan fingerprint density at radius 2 is 1.88 bits per heavy atom. The van der Waals surface area contributed by atoms with Gasteiger partial charge in [-0.25, -0.2) is 4.98 Å². The molecule has 2 aromatic heterocycles. The van der Waals surface area contributed by atoms with Gasteiger partial charge in [-0.05, 0) is 24.1 Å². The Hall–Kier alpha value is -2.10. The molecule has 0 saturated carbocycles. The molecule has 0 aliphatic carbocycles. The van der Waals surface area contributed by atoms with Crippen LogP contribution < -0.4 is 0 Å². The molecule has 0 fully saturated rings. The first kappa shape index (κ1) is 10.4. The van der Waals surface area contributed by atoms with Gasteiger partial charge >= 0.3 is 0 Å². The van der Waals surface area contributed by atoms with Crippen LogP contribution >= 0.6 is 0 Å². The fourth-order valence-electron chi connectivity index (χ4n) is 1.38. The van der Waals surface area contributed by atoms with E-state index in [-0.39, 0.29) is 5.78 Å². The standard InChI is InChI=1S/C12H11N3O/c16-12(11-9-14-7-8-15-11)2-1-10-3-5-13-6-4-10/h3-9H,1-2H2. The maximum Gasteiger partial charge on any atom is 0.183 e. The fraction of sp³-hybridized carbons (Fsp3) is 0.167. The summed E-state index contributed by atoms with van der Waals surface area (Å²) >= 11 is 0. The van der Waals surface area contributed by atoms with Crippen LogP contribution in [0.15, 0.2) is 43.1 Å². The fourth-order valence-corrected chi connectivity index (χ4v) is 1.38. The third-order valence-corrected chi connectivity index (χ3v) is 2.24. The molecule has 0 unspecified atom stereocenters. The molecule has 0 N–H and O–H groups in total. The van der Waals surface area contributed by atoms with Crippen LogP contribution in [-0.2, 0) is 6.42 Å². The molecule has 4 heteroatoms. The van der Waals surface area contributed by atoms with Gasteiger partial charge in [0.15, 0.2) is 5.78 Å². The van der Waals surface area contributed by atoms with Gasteiger partial charge < -0.3 is 0 Å². The molecule has 0 bridgehead atoms. The van der Waals surface area contributed by atoms with E-state index in [9.17, 15) is 4.79 Å². The average molecular weight is 213 g/mol. The molecule has 16 heavy (non-hydrogen) atoms. The normalized spacial score (nSPS) is 10.0. The Morgan fingerprint density at radius 1 is 1.06 bits per heavy atom. The molecule has 0 amide bonds. The van der Waals surface area contributed by atoms with Crippen molar-refractivity contribution in [2.24, 2.45) is 0 Å². The first-order valence-corrected chi connectivity index (χ1v) is 5.04. The van der Waals surface area contributed by atoms with Crippen LogP contribution in [0, 0.1) is 0 Å². The number of Topliss-reactive ketones (excluding diaryl/α,β-unsaturated/α-hetero) is 1. The number of aryl methyl sites for hydroxylation is 1. The van der Waals surface area contributed by atoms with Crippen LogP contribution in [-0.4, -0.2) is 20.7 Å². The Bertz CT molecular complexity index is 456. The number of rotatable bonds is 4. The quantitative estimate of drug-likeness (QED) is 0.725. The molecule has 2 rings (SSSR count). The van der Waals surface area contributed by atoms with Gasteiger partial charge in [0, 0.05) is 31.2 Å². The summed E-state index contributed by atoms with van der Waals surface area (Å²) in [7, 11) is 0. The predicted octanol–water partition coefficient (Wildman–Crippen LogP) is 1.69. The SMILES string of the molecule is O=C(CCc1ccncc1)c1cnccn1. The zero-order valence-corrected chi connectivity index (χ0v) is 8.71. The van der Waals surface area contributed by atoms with E-state index < -0.39 is 0 Å². The minimum absolute atomic E-state index is 0.0184. The summed E-state index contributed by atoms with van der Waals surface area (Å²) in [6.07, 6.45) is 9.18. The van der Waals surface area contributed by atoms with Crippen LogP contribution in [0.25, 0.3) is 0 Å². The molecule has 4 nitrogen and oxygen atoms in total. The Morgan fingerprint density at radius 3 is 2.56 bits per heavy atom. The van der Waals surface area contributed by atoms with Crippen molar-refractivity contribution in [2.75, 3.05) is 0 Å².